The van der Waals surface area contributed by atoms with Crippen LogP contribution >= 0.6 is 0 Å². The Labute approximate surface area is 152 Å². The van der Waals surface area contributed by atoms with Crippen LogP contribution in [-0.4, -0.2) is 23.9 Å². The van der Waals surface area contributed by atoms with Crippen molar-refractivity contribution < 1.29 is 4.79 Å². The van der Waals surface area contributed by atoms with Crippen molar-refractivity contribution in [3.8, 4) is 0 Å². The number of nitrogens with zero attached hydrogens (tertiary/aromatic N) is 1. The molecule has 2 heteroatoms. The first-order chi connectivity index (χ1) is 12.2. The lowest BCUT2D eigenvalue weighted by Crippen LogP contribution is -2.59. The van der Waals surface area contributed by atoms with Crippen LogP contribution < -0.4 is 0 Å². The Morgan fingerprint density at radius 3 is 2.16 bits per heavy atom. The second kappa shape index (κ2) is 5.86. The summed E-state index contributed by atoms with van der Waals surface area (Å²) in [6, 6.07) is 11.2. The molecule has 6 rings (SSSR count). The van der Waals surface area contributed by atoms with Crippen LogP contribution in [-0.2, 0) is 10.2 Å². The molecule has 1 aliphatic heterocycles. The van der Waals surface area contributed by atoms with Gasteiger partial charge in [-0.3, -0.25) is 4.79 Å². The summed E-state index contributed by atoms with van der Waals surface area (Å²) in [7, 11) is 0. The molecule has 2 atom stereocenters. The Kier molecular flexibility index (Phi) is 3.73. The van der Waals surface area contributed by atoms with Crippen LogP contribution in [0.15, 0.2) is 30.3 Å². The van der Waals surface area contributed by atoms with Crippen molar-refractivity contribution in [2.75, 3.05) is 13.1 Å². The summed E-state index contributed by atoms with van der Waals surface area (Å²) in [6.45, 7) is 2.02. The largest absolute Gasteiger partial charge is 0.342 e. The van der Waals surface area contributed by atoms with Gasteiger partial charge in [0.15, 0.2) is 0 Å². The number of amides is 1. The van der Waals surface area contributed by atoms with Gasteiger partial charge in [-0.2, -0.15) is 0 Å². The Bertz CT molecular complexity index is 629. The summed E-state index contributed by atoms with van der Waals surface area (Å²) in [4.78, 5) is 16.0. The van der Waals surface area contributed by atoms with E-state index in [1.165, 1.54) is 63.4 Å². The van der Waals surface area contributed by atoms with E-state index in [9.17, 15) is 4.79 Å². The van der Waals surface area contributed by atoms with Gasteiger partial charge in [-0.1, -0.05) is 43.2 Å². The minimum atomic E-state index is -0.0374. The minimum absolute atomic E-state index is 0.0374. The number of carbonyl (C=O) groups is 1. The predicted molar refractivity (Wildman–Crippen MR) is 100 cm³/mol. The number of rotatable bonds is 2. The lowest BCUT2D eigenvalue weighted by molar-refractivity contribution is -0.160. The molecule has 1 aromatic carbocycles. The zero-order chi connectivity index (χ0) is 16.9. The minimum Gasteiger partial charge on any atom is -0.342 e. The number of benzene rings is 1. The van der Waals surface area contributed by atoms with Gasteiger partial charge in [-0.05, 0) is 74.2 Å². The normalized spacial score (nSPS) is 40.1. The lowest BCUT2D eigenvalue weighted by Gasteiger charge is -2.62. The molecule has 4 aliphatic carbocycles. The molecule has 2 nitrogen and oxygen atoms in total. The van der Waals surface area contributed by atoms with Gasteiger partial charge in [0.25, 0.3) is 0 Å². The van der Waals surface area contributed by atoms with E-state index in [2.05, 4.69) is 35.2 Å². The van der Waals surface area contributed by atoms with E-state index in [1.807, 2.05) is 0 Å². The van der Waals surface area contributed by atoms with Crippen molar-refractivity contribution in [3.05, 3.63) is 35.9 Å². The fraction of sp³-hybridized carbons (Fsp3) is 0.696. The standard InChI is InChI=1S/C23H31NO/c25-21(24-10-6-1-2-7-11-24)23-15-18-12-19(16-23)14-22(13-18,17-23)20-8-4-3-5-9-20/h3-5,8-9,18-19H,1-2,6-7,10-17H2/t18-,19-,22?,23?/m1/s1. The van der Waals surface area contributed by atoms with Crippen LogP contribution in [0.2, 0.25) is 0 Å². The fourth-order valence-corrected chi connectivity index (χ4v) is 7.25. The summed E-state index contributed by atoms with van der Waals surface area (Å²) in [5.74, 6) is 2.08. The molecule has 1 aromatic rings. The Morgan fingerprint density at radius 1 is 0.880 bits per heavy atom. The molecule has 4 bridgehead atoms. The Morgan fingerprint density at radius 2 is 1.52 bits per heavy atom. The molecule has 0 unspecified atom stereocenters. The van der Waals surface area contributed by atoms with Gasteiger partial charge in [0, 0.05) is 13.1 Å². The van der Waals surface area contributed by atoms with Crippen molar-refractivity contribution in [2.24, 2.45) is 17.3 Å². The molecule has 5 aliphatic rings. The van der Waals surface area contributed by atoms with Crippen LogP contribution in [0.3, 0.4) is 0 Å². The highest BCUT2D eigenvalue weighted by Gasteiger charge is 2.61. The molecule has 0 radical (unpaired) electrons. The van der Waals surface area contributed by atoms with E-state index < -0.39 is 0 Å². The summed E-state index contributed by atoms with van der Waals surface area (Å²) < 4.78 is 0. The van der Waals surface area contributed by atoms with Crippen LogP contribution in [0.4, 0.5) is 0 Å². The molecule has 1 amide bonds. The SMILES string of the molecule is O=C(N1CCCCCC1)C12C[C@@H]3C[C@@H](C1)CC(c1ccccc1)(C3)C2. The van der Waals surface area contributed by atoms with E-state index >= 15 is 0 Å². The quantitative estimate of drug-likeness (QED) is 0.749. The maximum atomic E-state index is 13.7. The van der Waals surface area contributed by atoms with Gasteiger partial charge in [0.2, 0.25) is 5.91 Å². The average Bonchev–Trinajstić information content (AvgIpc) is 2.90. The van der Waals surface area contributed by atoms with Crippen molar-refractivity contribution in [2.45, 2.75) is 69.6 Å². The zero-order valence-corrected chi connectivity index (χ0v) is 15.4. The second-order valence-electron chi connectivity index (χ2n) is 9.59. The van der Waals surface area contributed by atoms with Crippen LogP contribution in [0.1, 0.15) is 69.8 Å². The lowest BCUT2D eigenvalue weighted by atomic mass is 9.42. The maximum Gasteiger partial charge on any atom is 0.228 e. The van der Waals surface area contributed by atoms with Crippen LogP contribution in [0.25, 0.3) is 0 Å². The van der Waals surface area contributed by atoms with Gasteiger partial charge in [0.05, 0.1) is 5.41 Å². The first kappa shape index (κ1) is 15.9. The Balaban J connectivity index is 1.48. The average molecular weight is 338 g/mol. The number of hydrogen-bond acceptors (Lipinski definition) is 1. The van der Waals surface area contributed by atoms with Gasteiger partial charge in [0.1, 0.15) is 0 Å². The summed E-state index contributed by atoms with van der Waals surface area (Å²) in [6.07, 6.45) is 12.5. The van der Waals surface area contributed by atoms with E-state index in [4.69, 9.17) is 0 Å². The summed E-state index contributed by atoms with van der Waals surface area (Å²) in [5.41, 5.74) is 1.76. The first-order valence-corrected chi connectivity index (χ1v) is 10.5. The van der Waals surface area contributed by atoms with Crippen LogP contribution in [0, 0.1) is 17.3 Å². The van der Waals surface area contributed by atoms with E-state index in [1.54, 1.807) is 0 Å². The van der Waals surface area contributed by atoms with Crippen molar-refractivity contribution >= 4 is 5.91 Å². The van der Waals surface area contributed by atoms with Gasteiger partial charge in [-0.25, -0.2) is 0 Å². The third-order valence-electron chi connectivity index (χ3n) is 7.79. The monoisotopic (exact) mass is 337 g/mol. The summed E-state index contributed by atoms with van der Waals surface area (Å²) >= 11 is 0. The molecular weight excluding hydrogens is 306 g/mol. The highest BCUT2D eigenvalue weighted by Crippen LogP contribution is 2.66. The van der Waals surface area contributed by atoms with E-state index in [0.29, 0.717) is 5.91 Å². The fourth-order valence-electron chi connectivity index (χ4n) is 7.25. The topological polar surface area (TPSA) is 20.3 Å². The second-order valence-corrected chi connectivity index (χ2v) is 9.59. The van der Waals surface area contributed by atoms with Crippen molar-refractivity contribution in [1.82, 2.24) is 4.90 Å². The smallest absolute Gasteiger partial charge is 0.228 e. The molecule has 0 N–H and O–H groups in total. The number of likely N-dealkylation sites (tertiary alicyclic amines) is 1. The molecular formula is C23H31NO. The van der Waals surface area contributed by atoms with Crippen LogP contribution in [0.5, 0.6) is 0 Å². The Hall–Kier alpha value is -1.31. The number of carbonyl (C=O) groups excluding carboxylic acids is 1. The molecule has 4 saturated carbocycles. The molecule has 134 valence electrons. The first-order valence-electron chi connectivity index (χ1n) is 10.5. The van der Waals surface area contributed by atoms with Gasteiger partial charge in [-0.15, -0.1) is 0 Å². The molecule has 0 aromatic heterocycles. The molecule has 0 spiro atoms. The highest BCUT2D eigenvalue weighted by molar-refractivity contribution is 5.83. The molecule has 1 saturated heterocycles. The number of hydrogen-bond donors (Lipinski definition) is 0. The van der Waals surface area contributed by atoms with Gasteiger partial charge >= 0.3 is 0 Å². The predicted octanol–water partition coefficient (Wildman–Crippen LogP) is 4.93. The van der Waals surface area contributed by atoms with E-state index in [0.717, 1.165) is 31.3 Å². The summed E-state index contributed by atoms with van der Waals surface area (Å²) in [5, 5.41) is 0. The highest BCUT2D eigenvalue weighted by atomic mass is 16.2. The molecule has 5 fully saturated rings. The molecule has 25 heavy (non-hydrogen) atoms. The third kappa shape index (κ3) is 2.55. The maximum absolute atomic E-state index is 13.7. The molecule has 1 heterocycles. The zero-order valence-electron chi connectivity index (χ0n) is 15.4. The van der Waals surface area contributed by atoms with Crippen molar-refractivity contribution in [1.29, 1.82) is 0 Å². The van der Waals surface area contributed by atoms with Gasteiger partial charge < -0.3 is 4.90 Å². The van der Waals surface area contributed by atoms with Crippen molar-refractivity contribution in [3.63, 3.8) is 0 Å². The third-order valence-corrected chi connectivity index (χ3v) is 7.79. The van der Waals surface area contributed by atoms with E-state index in [-0.39, 0.29) is 10.8 Å².